The zero-order valence-corrected chi connectivity index (χ0v) is 24.5. The Hall–Kier alpha value is -3.21. The highest BCUT2D eigenvalue weighted by Gasteiger charge is 2.63. The molecule has 2 unspecified atom stereocenters. The Morgan fingerprint density at radius 3 is 2.27 bits per heavy atom. The van der Waals surface area contributed by atoms with Crippen LogP contribution >= 0.6 is 0 Å². The van der Waals surface area contributed by atoms with Crippen molar-refractivity contribution < 1.29 is 34.8 Å². The summed E-state index contributed by atoms with van der Waals surface area (Å²) in [6, 6.07) is 0.908. The Morgan fingerprint density at radius 2 is 1.75 bits per heavy atom. The highest BCUT2D eigenvalue weighted by molar-refractivity contribution is 6.25. The van der Waals surface area contributed by atoms with Crippen LogP contribution in [0.1, 0.15) is 55.6 Å². The van der Waals surface area contributed by atoms with E-state index < -0.39 is 57.9 Å². The van der Waals surface area contributed by atoms with Crippen molar-refractivity contribution in [2.45, 2.75) is 58.7 Å². The van der Waals surface area contributed by atoms with E-state index >= 15 is 0 Å². The van der Waals surface area contributed by atoms with Crippen LogP contribution in [0.4, 0.5) is 5.69 Å². The number of Topliss-reactive ketones (excluding diaryl/α,β-unsaturated/α-hetero) is 3. The number of aliphatic hydroxyl groups excluding tert-OH is 2. The Bertz CT molecular complexity index is 1350. The number of benzene rings is 1. The lowest BCUT2D eigenvalue weighted by molar-refractivity contribution is -0.148. The predicted octanol–water partition coefficient (Wildman–Crippen LogP) is 2.43. The number of hydrogen-bond donors (Lipinski definition) is 5. The van der Waals surface area contributed by atoms with Gasteiger partial charge >= 0.3 is 0 Å². The Kier molecular flexibility index (Phi) is 7.45. The van der Waals surface area contributed by atoms with Gasteiger partial charge in [0.15, 0.2) is 17.2 Å². The summed E-state index contributed by atoms with van der Waals surface area (Å²) in [6.07, 6.45) is 0.357. The van der Waals surface area contributed by atoms with Gasteiger partial charge in [-0.05, 0) is 56.8 Å². The zero-order chi connectivity index (χ0) is 30.1. The first-order chi connectivity index (χ1) is 18.4. The maximum absolute atomic E-state index is 14.1. The lowest BCUT2D eigenvalue weighted by atomic mass is 9.58. The van der Waals surface area contributed by atoms with Gasteiger partial charge in [0, 0.05) is 49.9 Å². The van der Waals surface area contributed by atoms with Crippen molar-refractivity contribution in [3.63, 3.8) is 0 Å². The van der Waals surface area contributed by atoms with Gasteiger partial charge in [0.2, 0.25) is 5.78 Å². The highest BCUT2D eigenvalue weighted by atomic mass is 16.3. The van der Waals surface area contributed by atoms with E-state index in [2.05, 4.69) is 26.1 Å². The second-order valence-electron chi connectivity index (χ2n) is 13.0. The fraction of sp³-hybridized carbons (Fsp3) is 0.567. The van der Waals surface area contributed by atoms with Gasteiger partial charge in [-0.15, -0.1) is 0 Å². The number of hydrogen-bond acceptors (Lipinski definition) is 10. The van der Waals surface area contributed by atoms with Gasteiger partial charge < -0.3 is 30.6 Å². The molecule has 0 amide bonds. The number of fused-ring (bicyclic) bond motifs is 3. The van der Waals surface area contributed by atoms with Gasteiger partial charge in [-0.1, -0.05) is 20.8 Å². The number of anilines is 1. The number of nitrogens with zero attached hydrogens (tertiary/aromatic N) is 2. The summed E-state index contributed by atoms with van der Waals surface area (Å²) in [7, 11) is 6.98. The number of phenolic OH excluding ortho intramolecular Hbond substituents is 1. The second kappa shape index (κ2) is 10.0. The van der Waals surface area contributed by atoms with E-state index in [4.69, 9.17) is 0 Å². The average molecular weight is 556 g/mol. The molecule has 218 valence electrons. The minimum atomic E-state index is -2.58. The maximum atomic E-state index is 14.1. The quantitative estimate of drug-likeness (QED) is 0.331. The number of carbonyl (C=O) groups excluding carboxylic acids is 3. The molecule has 0 saturated carbocycles. The number of phenols is 1. The van der Waals surface area contributed by atoms with E-state index in [1.54, 1.807) is 19.0 Å². The number of allylic oxidation sites excluding steroid dienone is 1. The van der Waals surface area contributed by atoms with Crippen LogP contribution in [0.2, 0.25) is 0 Å². The molecule has 0 bridgehead atoms. The van der Waals surface area contributed by atoms with Gasteiger partial charge in [-0.3, -0.25) is 19.3 Å². The van der Waals surface area contributed by atoms with Crippen molar-refractivity contribution in [2.24, 2.45) is 17.3 Å². The largest absolute Gasteiger partial charge is 0.510 e. The predicted molar refractivity (Wildman–Crippen MR) is 151 cm³/mol. The third-order valence-electron chi connectivity index (χ3n) is 8.34. The maximum Gasteiger partial charge on any atom is 0.209 e. The van der Waals surface area contributed by atoms with Gasteiger partial charge in [-0.25, -0.2) is 0 Å². The number of aliphatic hydroxyl groups is 3. The van der Waals surface area contributed by atoms with Crippen LogP contribution in [0.15, 0.2) is 28.7 Å². The Labute approximate surface area is 235 Å². The van der Waals surface area contributed by atoms with E-state index in [0.29, 0.717) is 24.2 Å². The molecule has 0 aromatic heterocycles. The summed E-state index contributed by atoms with van der Waals surface area (Å²) in [6.45, 7) is 8.33. The average Bonchev–Trinajstić information content (AvgIpc) is 2.81. The molecule has 0 saturated heterocycles. The van der Waals surface area contributed by atoms with E-state index in [9.17, 15) is 34.8 Å². The molecule has 4 rings (SSSR count). The van der Waals surface area contributed by atoms with Crippen molar-refractivity contribution in [1.82, 2.24) is 10.2 Å². The number of carbonyl (C=O) groups is 3. The first-order valence-electron chi connectivity index (χ1n) is 13.5. The molecule has 4 atom stereocenters. The zero-order valence-electron chi connectivity index (χ0n) is 24.5. The van der Waals surface area contributed by atoms with E-state index in [1.165, 1.54) is 0 Å². The molecule has 10 nitrogen and oxygen atoms in total. The molecule has 10 heteroatoms. The third kappa shape index (κ3) is 4.52. The van der Waals surface area contributed by atoms with Crippen LogP contribution in [0.25, 0.3) is 0 Å². The van der Waals surface area contributed by atoms with Gasteiger partial charge in [-0.2, -0.15) is 0 Å². The summed E-state index contributed by atoms with van der Waals surface area (Å²) in [4.78, 5) is 43.4. The molecular formula is C30H41N3O7. The van der Waals surface area contributed by atoms with Crippen LogP contribution in [0.3, 0.4) is 0 Å². The molecular weight excluding hydrogens is 514 g/mol. The van der Waals surface area contributed by atoms with Crippen LogP contribution in [0, 0.1) is 17.3 Å². The summed E-state index contributed by atoms with van der Waals surface area (Å²) < 4.78 is 0. The monoisotopic (exact) mass is 555 g/mol. The fourth-order valence-corrected chi connectivity index (χ4v) is 6.56. The van der Waals surface area contributed by atoms with Gasteiger partial charge in [0.25, 0.3) is 0 Å². The molecule has 0 heterocycles. The number of nitrogens with one attached hydrogen (secondary N) is 1. The normalized spacial score (nSPS) is 26.6. The Balaban J connectivity index is 1.90. The summed E-state index contributed by atoms with van der Waals surface area (Å²) in [5, 5.41) is 49.0. The molecule has 3 aliphatic carbocycles. The third-order valence-corrected chi connectivity index (χ3v) is 8.34. The van der Waals surface area contributed by atoms with E-state index in [-0.39, 0.29) is 35.1 Å². The van der Waals surface area contributed by atoms with Crippen molar-refractivity contribution in [2.75, 3.05) is 39.6 Å². The number of ketones is 3. The SMILES string of the molecule is CC(=O)C1=C(O)[C@@H](N(C)C)C2CC3Cc4c(N(C)C)cc(CNCC(C)(C)C)c(O)c4C(=O)C3=C(O)[C@]2(O)C1=O. The Morgan fingerprint density at radius 1 is 1.12 bits per heavy atom. The first-order valence-corrected chi connectivity index (χ1v) is 13.5. The summed E-state index contributed by atoms with van der Waals surface area (Å²) >= 11 is 0. The topological polar surface area (TPSA) is 151 Å². The van der Waals surface area contributed by atoms with Crippen molar-refractivity contribution in [3.05, 3.63) is 45.4 Å². The van der Waals surface area contributed by atoms with Crippen molar-refractivity contribution in [3.8, 4) is 5.75 Å². The lowest BCUT2D eigenvalue weighted by Gasteiger charge is -2.50. The van der Waals surface area contributed by atoms with Crippen LogP contribution in [-0.2, 0) is 22.6 Å². The standard InChI is InChI=1S/C30H41N3O7/c1-14(34)20-26(37)23(33(7)8)18-10-15-9-17-19(32(5)6)11-16(12-31-13-29(2,3)4)24(35)22(17)25(36)21(15)28(39)30(18,40)27(20)38/h11,15,18,23,31,35,37,39-40H,9-10,12-13H2,1-8H3/t15?,18?,23-,30+/m0/s1. The molecule has 40 heavy (non-hydrogen) atoms. The second-order valence-corrected chi connectivity index (χ2v) is 13.0. The summed E-state index contributed by atoms with van der Waals surface area (Å²) in [5.74, 6) is -5.60. The number of aromatic hydroxyl groups is 1. The smallest absolute Gasteiger partial charge is 0.209 e. The van der Waals surface area contributed by atoms with Crippen molar-refractivity contribution >= 4 is 23.0 Å². The lowest BCUT2D eigenvalue weighted by Crippen LogP contribution is -2.63. The highest BCUT2D eigenvalue weighted by Crippen LogP contribution is 2.53. The van der Waals surface area contributed by atoms with Gasteiger partial charge in [0.1, 0.15) is 22.8 Å². The van der Waals surface area contributed by atoms with Crippen LogP contribution < -0.4 is 10.2 Å². The number of rotatable bonds is 6. The van der Waals surface area contributed by atoms with Crippen LogP contribution in [-0.4, -0.2) is 89.1 Å². The van der Waals surface area contributed by atoms with E-state index in [0.717, 1.165) is 12.6 Å². The molecule has 1 aromatic carbocycles. The summed E-state index contributed by atoms with van der Waals surface area (Å²) in [5.41, 5.74) is -1.38. The fourth-order valence-electron chi connectivity index (χ4n) is 6.56. The van der Waals surface area contributed by atoms with Crippen LogP contribution in [0.5, 0.6) is 5.75 Å². The molecule has 0 aliphatic heterocycles. The van der Waals surface area contributed by atoms with Crippen molar-refractivity contribution in [1.29, 1.82) is 0 Å². The minimum absolute atomic E-state index is 0.000482. The molecule has 0 fully saturated rings. The molecule has 1 aromatic rings. The molecule has 0 radical (unpaired) electrons. The minimum Gasteiger partial charge on any atom is -0.510 e. The number of likely N-dealkylation sites (N-methyl/N-ethyl adjacent to an activating group) is 1. The molecule has 5 N–H and O–H groups in total. The van der Waals surface area contributed by atoms with Gasteiger partial charge in [0.05, 0.1) is 11.6 Å². The molecule has 3 aliphatic rings. The van der Waals surface area contributed by atoms with E-state index in [1.807, 2.05) is 25.1 Å². The molecule has 0 spiro atoms. The first kappa shape index (κ1) is 29.8.